The minimum absolute atomic E-state index is 0.337. The molecule has 0 radical (unpaired) electrons. The summed E-state index contributed by atoms with van der Waals surface area (Å²) in [5, 5.41) is 0.848. The third-order valence-electron chi connectivity index (χ3n) is 2.19. The summed E-state index contributed by atoms with van der Waals surface area (Å²) in [5.41, 5.74) is 5.78. The highest BCUT2D eigenvalue weighted by molar-refractivity contribution is 8.00. The SMILES string of the molecule is CC(C)N=C(N)CSC1CCCC1. The lowest BCUT2D eigenvalue weighted by Crippen LogP contribution is -2.18. The average molecular weight is 200 g/mol. The van der Waals surface area contributed by atoms with Crippen molar-refractivity contribution in [2.24, 2.45) is 10.7 Å². The van der Waals surface area contributed by atoms with E-state index in [0.29, 0.717) is 6.04 Å². The summed E-state index contributed by atoms with van der Waals surface area (Å²) in [6, 6.07) is 0.337. The summed E-state index contributed by atoms with van der Waals surface area (Å²) in [6.07, 6.45) is 5.55. The molecule has 0 aromatic carbocycles. The van der Waals surface area contributed by atoms with Crippen molar-refractivity contribution < 1.29 is 0 Å². The molecule has 13 heavy (non-hydrogen) atoms. The second-order valence-corrected chi connectivity index (χ2v) is 5.22. The van der Waals surface area contributed by atoms with Crippen LogP contribution in [-0.2, 0) is 0 Å². The average Bonchev–Trinajstić information content (AvgIpc) is 2.51. The van der Waals surface area contributed by atoms with Crippen molar-refractivity contribution in [3.8, 4) is 0 Å². The summed E-state index contributed by atoms with van der Waals surface area (Å²) in [5.74, 6) is 1.73. The van der Waals surface area contributed by atoms with Crippen LogP contribution in [0.5, 0.6) is 0 Å². The molecule has 0 amide bonds. The van der Waals surface area contributed by atoms with Crippen LogP contribution in [0.15, 0.2) is 4.99 Å². The third kappa shape index (κ3) is 4.55. The minimum Gasteiger partial charge on any atom is -0.387 e. The summed E-state index contributed by atoms with van der Waals surface area (Å²) in [4.78, 5) is 4.31. The third-order valence-corrected chi connectivity index (χ3v) is 3.60. The van der Waals surface area contributed by atoms with Crippen LogP contribution in [0.4, 0.5) is 0 Å². The molecule has 0 unspecified atom stereocenters. The Balaban J connectivity index is 2.17. The molecule has 1 aliphatic carbocycles. The second kappa shape index (κ2) is 5.53. The van der Waals surface area contributed by atoms with Gasteiger partial charge in [0.1, 0.15) is 5.84 Å². The number of thioether (sulfide) groups is 1. The first-order valence-electron chi connectivity index (χ1n) is 5.12. The summed E-state index contributed by atoms with van der Waals surface area (Å²) >= 11 is 1.98. The number of hydrogen-bond acceptors (Lipinski definition) is 2. The Hall–Kier alpha value is -0.180. The molecule has 1 fully saturated rings. The lowest BCUT2D eigenvalue weighted by Gasteiger charge is -2.08. The molecule has 1 aliphatic rings. The fourth-order valence-corrected chi connectivity index (χ4v) is 2.77. The van der Waals surface area contributed by atoms with Gasteiger partial charge in [-0.25, -0.2) is 0 Å². The zero-order valence-electron chi connectivity index (χ0n) is 8.62. The van der Waals surface area contributed by atoms with E-state index in [1.54, 1.807) is 0 Å². The van der Waals surface area contributed by atoms with E-state index in [2.05, 4.69) is 18.8 Å². The highest BCUT2D eigenvalue weighted by atomic mass is 32.2. The summed E-state index contributed by atoms with van der Waals surface area (Å²) in [6.45, 7) is 4.13. The fraction of sp³-hybridized carbons (Fsp3) is 0.900. The van der Waals surface area contributed by atoms with Crippen LogP contribution in [0.3, 0.4) is 0 Å². The van der Waals surface area contributed by atoms with Crippen LogP contribution in [0, 0.1) is 0 Å². The molecule has 0 aliphatic heterocycles. The van der Waals surface area contributed by atoms with E-state index in [4.69, 9.17) is 5.73 Å². The molecule has 0 bridgehead atoms. The zero-order valence-corrected chi connectivity index (χ0v) is 9.44. The van der Waals surface area contributed by atoms with Crippen molar-refractivity contribution in [3.05, 3.63) is 0 Å². The van der Waals surface area contributed by atoms with Gasteiger partial charge in [-0.1, -0.05) is 12.8 Å². The highest BCUT2D eigenvalue weighted by Crippen LogP contribution is 2.28. The fourth-order valence-electron chi connectivity index (χ4n) is 1.63. The Morgan fingerprint density at radius 2 is 2.08 bits per heavy atom. The van der Waals surface area contributed by atoms with Gasteiger partial charge in [0.15, 0.2) is 0 Å². The maximum Gasteiger partial charge on any atom is 0.104 e. The van der Waals surface area contributed by atoms with Crippen molar-refractivity contribution in [1.29, 1.82) is 0 Å². The Morgan fingerprint density at radius 1 is 1.46 bits per heavy atom. The molecule has 1 saturated carbocycles. The Bertz CT molecular complexity index is 172. The largest absolute Gasteiger partial charge is 0.387 e. The summed E-state index contributed by atoms with van der Waals surface area (Å²) in [7, 11) is 0. The molecule has 0 heterocycles. The maximum atomic E-state index is 5.78. The van der Waals surface area contributed by atoms with Crippen molar-refractivity contribution in [2.75, 3.05) is 5.75 Å². The van der Waals surface area contributed by atoms with Gasteiger partial charge in [0.25, 0.3) is 0 Å². The number of aliphatic imine (C=N–C) groups is 1. The van der Waals surface area contributed by atoms with Gasteiger partial charge in [-0.2, -0.15) is 11.8 Å². The van der Waals surface area contributed by atoms with E-state index in [1.807, 2.05) is 11.8 Å². The van der Waals surface area contributed by atoms with Gasteiger partial charge in [-0.15, -0.1) is 0 Å². The molecule has 0 saturated heterocycles. The van der Waals surface area contributed by atoms with E-state index >= 15 is 0 Å². The van der Waals surface area contributed by atoms with Crippen molar-refractivity contribution >= 4 is 17.6 Å². The molecule has 0 aromatic rings. The zero-order chi connectivity index (χ0) is 9.68. The van der Waals surface area contributed by atoms with Crippen LogP contribution in [-0.4, -0.2) is 22.9 Å². The molecule has 0 atom stereocenters. The second-order valence-electron chi connectivity index (χ2n) is 3.93. The van der Waals surface area contributed by atoms with E-state index < -0.39 is 0 Å². The minimum atomic E-state index is 0.337. The van der Waals surface area contributed by atoms with Crippen molar-refractivity contribution in [2.45, 2.75) is 50.8 Å². The first-order valence-corrected chi connectivity index (χ1v) is 6.17. The predicted molar refractivity (Wildman–Crippen MR) is 61.5 cm³/mol. The van der Waals surface area contributed by atoms with Crippen molar-refractivity contribution in [3.63, 3.8) is 0 Å². The highest BCUT2D eigenvalue weighted by Gasteiger charge is 2.15. The van der Waals surface area contributed by atoms with Gasteiger partial charge >= 0.3 is 0 Å². The number of nitrogens with two attached hydrogens (primary N) is 1. The topological polar surface area (TPSA) is 38.4 Å². The van der Waals surface area contributed by atoms with Crippen molar-refractivity contribution in [1.82, 2.24) is 0 Å². The number of nitrogens with zero attached hydrogens (tertiary/aromatic N) is 1. The van der Waals surface area contributed by atoms with Crippen LogP contribution >= 0.6 is 11.8 Å². The van der Waals surface area contributed by atoms with Gasteiger partial charge in [0.2, 0.25) is 0 Å². The molecular weight excluding hydrogens is 180 g/mol. The number of hydrogen-bond donors (Lipinski definition) is 1. The molecule has 0 spiro atoms. The number of amidine groups is 1. The van der Waals surface area contributed by atoms with Crippen LogP contribution in [0.25, 0.3) is 0 Å². The van der Waals surface area contributed by atoms with E-state index in [9.17, 15) is 0 Å². The van der Waals surface area contributed by atoms with Gasteiger partial charge < -0.3 is 5.73 Å². The quantitative estimate of drug-likeness (QED) is 0.559. The first kappa shape index (κ1) is 10.9. The van der Waals surface area contributed by atoms with E-state index in [1.165, 1.54) is 25.7 Å². The monoisotopic (exact) mass is 200 g/mol. The van der Waals surface area contributed by atoms with E-state index in [-0.39, 0.29) is 0 Å². The normalized spacial score (nSPS) is 20.1. The van der Waals surface area contributed by atoms with E-state index in [0.717, 1.165) is 16.8 Å². The van der Waals surface area contributed by atoms with Gasteiger partial charge in [-0.3, -0.25) is 4.99 Å². The van der Waals surface area contributed by atoms with Gasteiger partial charge in [0.05, 0.1) is 5.75 Å². The maximum absolute atomic E-state index is 5.78. The van der Waals surface area contributed by atoms with Crippen LogP contribution < -0.4 is 5.73 Å². The van der Waals surface area contributed by atoms with Gasteiger partial charge in [-0.05, 0) is 26.7 Å². The van der Waals surface area contributed by atoms with Crippen LogP contribution in [0.1, 0.15) is 39.5 Å². The summed E-state index contributed by atoms with van der Waals surface area (Å²) < 4.78 is 0. The Labute approximate surface area is 85.4 Å². The van der Waals surface area contributed by atoms with Crippen LogP contribution in [0.2, 0.25) is 0 Å². The standard InChI is InChI=1S/C10H20N2S/c1-8(2)12-10(11)7-13-9-5-3-4-6-9/h8-9H,3-7H2,1-2H3,(H2,11,12). The number of rotatable bonds is 4. The molecule has 0 aromatic heterocycles. The van der Waals surface area contributed by atoms with Gasteiger partial charge in [0, 0.05) is 11.3 Å². The molecule has 1 rings (SSSR count). The Morgan fingerprint density at radius 3 is 2.62 bits per heavy atom. The predicted octanol–water partition coefficient (Wildman–Crippen LogP) is 2.43. The molecule has 76 valence electrons. The smallest absolute Gasteiger partial charge is 0.104 e. The Kier molecular flexibility index (Phi) is 4.64. The lowest BCUT2D eigenvalue weighted by atomic mass is 10.4. The molecule has 2 nitrogen and oxygen atoms in total. The molecule has 3 heteroatoms. The lowest BCUT2D eigenvalue weighted by molar-refractivity contribution is 0.833. The molecular formula is C10H20N2S. The molecule has 2 N–H and O–H groups in total. The first-order chi connectivity index (χ1) is 6.18.